The van der Waals surface area contributed by atoms with Crippen molar-refractivity contribution in [3.05, 3.63) is 17.7 Å². The summed E-state index contributed by atoms with van der Waals surface area (Å²) in [4.78, 5) is 11.4. The number of carbonyl (C=O) groups excluding carboxylic acids is 1. The molecule has 2 aliphatic rings. The van der Waals surface area contributed by atoms with Crippen LogP contribution in [0.3, 0.4) is 0 Å². The van der Waals surface area contributed by atoms with Crippen molar-refractivity contribution in [3.63, 3.8) is 0 Å². The topological polar surface area (TPSA) is 70.4 Å². The number of carbonyl (C=O) groups is 1. The summed E-state index contributed by atoms with van der Waals surface area (Å²) in [7, 11) is 0. The molecule has 1 aromatic rings. The molecule has 1 saturated heterocycles. The van der Waals surface area contributed by atoms with Crippen LogP contribution in [0.4, 0.5) is 17.1 Å². The lowest BCUT2D eigenvalue weighted by Crippen LogP contribution is -2.35. The second-order valence-corrected chi connectivity index (χ2v) is 5.30. The Morgan fingerprint density at radius 2 is 1.95 bits per heavy atom. The number of fused-ring (bicyclic) bond motifs is 1. The summed E-state index contributed by atoms with van der Waals surface area (Å²) in [6, 6.07) is 3.93. The monoisotopic (exact) mass is 260 g/mol. The van der Waals surface area contributed by atoms with E-state index in [9.17, 15) is 4.79 Å². The highest BCUT2D eigenvalue weighted by molar-refractivity contribution is 5.95. The van der Waals surface area contributed by atoms with Gasteiger partial charge in [0, 0.05) is 25.2 Å². The molecule has 4 N–H and O–H groups in total. The van der Waals surface area contributed by atoms with Crippen molar-refractivity contribution in [2.24, 2.45) is 0 Å². The maximum Gasteiger partial charge on any atom is 0.224 e. The molecule has 0 aliphatic carbocycles. The highest BCUT2D eigenvalue weighted by Gasteiger charge is 2.18. The molecule has 0 atom stereocenters. The quantitative estimate of drug-likeness (QED) is 0.711. The van der Waals surface area contributed by atoms with Crippen LogP contribution in [0.15, 0.2) is 12.1 Å². The van der Waals surface area contributed by atoms with Gasteiger partial charge < -0.3 is 16.5 Å². The van der Waals surface area contributed by atoms with E-state index in [1.807, 2.05) is 6.07 Å². The van der Waals surface area contributed by atoms with Gasteiger partial charge in [0.2, 0.25) is 5.91 Å². The lowest BCUT2D eigenvalue weighted by atomic mass is 10.0. The average Bonchev–Trinajstić information content (AvgIpc) is 2.41. The first kappa shape index (κ1) is 12.3. The Morgan fingerprint density at radius 3 is 2.74 bits per heavy atom. The first-order chi connectivity index (χ1) is 9.22. The Bertz CT molecular complexity index is 494. The Kier molecular flexibility index (Phi) is 3.29. The van der Waals surface area contributed by atoms with Gasteiger partial charge in [0.05, 0.1) is 11.4 Å². The maximum absolute atomic E-state index is 11.4. The molecule has 0 unspecified atom stereocenters. The van der Waals surface area contributed by atoms with Crippen molar-refractivity contribution < 1.29 is 4.79 Å². The zero-order valence-corrected chi connectivity index (χ0v) is 11.0. The van der Waals surface area contributed by atoms with Crippen molar-refractivity contribution >= 4 is 23.0 Å². The molecule has 2 heterocycles. The SMILES string of the molecule is Nc1cc2c(cc1NN1CCCCC1)CCC(=O)N2. The van der Waals surface area contributed by atoms with Gasteiger partial charge in [-0.1, -0.05) is 6.42 Å². The molecule has 1 aromatic carbocycles. The number of benzene rings is 1. The largest absolute Gasteiger partial charge is 0.397 e. The van der Waals surface area contributed by atoms with Gasteiger partial charge in [0.15, 0.2) is 0 Å². The van der Waals surface area contributed by atoms with Crippen molar-refractivity contribution in [2.75, 3.05) is 29.6 Å². The first-order valence-electron chi connectivity index (χ1n) is 6.96. The number of hydrogen-bond acceptors (Lipinski definition) is 4. The molecule has 0 bridgehead atoms. The van der Waals surface area contributed by atoms with Crippen LogP contribution in [0.2, 0.25) is 0 Å². The summed E-state index contributed by atoms with van der Waals surface area (Å²) >= 11 is 0. The van der Waals surface area contributed by atoms with Crippen LogP contribution >= 0.6 is 0 Å². The van der Waals surface area contributed by atoms with Gasteiger partial charge in [-0.2, -0.15) is 0 Å². The van der Waals surface area contributed by atoms with Gasteiger partial charge in [-0.25, -0.2) is 5.01 Å². The Labute approximate surface area is 113 Å². The molecule has 0 saturated carbocycles. The summed E-state index contributed by atoms with van der Waals surface area (Å²) in [5, 5.41) is 5.10. The number of aryl methyl sites for hydroxylation is 1. The standard InChI is InChI=1S/C14H20N4O/c15-11-9-12-10(4-5-14(19)16-12)8-13(11)17-18-6-2-1-3-7-18/h8-9,17H,1-7,15H2,(H,16,19). The normalized spacial score (nSPS) is 19.7. The van der Waals surface area contributed by atoms with E-state index in [0.717, 1.165) is 36.4 Å². The molecular weight excluding hydrogens is 240 g/mol. The summed E-state index contributed by atoms with van der Waals surface area (Å²) < 4.78 is 0. The van der Waals surface area contributed by atoms with Crippen LogP contribution in [0.5, 0.6) is 0 Å². The third-order valence-electron chi connectivity index (χ3n) is 3.81. The highest BCUT2D eigenvalue weighted by Crippen LogP contribution is 2.31. The number of piperidine rings is 1. The van der Waals surface area contributed by atoms with Gasteiger partial charge in [0.1, 0.15) is 0 Å². The van der Waals surface area contributed by atoms with E-state index in [1.165, 1.54) is 19.3 Å². The predicted molar refractivity (Wildman–Crippen MR) is 76.9 cm³/mol. The molecule has 0 spiro atoms. The van der Waals surface area contributed by atoms with E-state index in [-0.39, 0.29) is 5.91 Å². The second kappa shape index (κ2) is 5.09. The van der Waals surface area contributed by atoms with E-state index in [0.29, 0.717) is 12.1 Å². The molecule has 102 valence electrons. The molecule has 1 fully saturated rings. The van der Waals surface area contributed by atoms with E-state index in [2.05, 4.69) is 21.8 Å². The van der Waals surface area contributed by atoms with Crippen LogP contribution in [0.1, 0.15) is 31.2 Å². The minimum Gasteiger partial charge on any atom is -0.397 e. The summed E-state index contributed by atoms with van der Waals surface area (Å²) in [6.07, 6.45) is 5.11. The Hall–Kier alpha value is -1.75. The zero-order valence-electron chi connectivity index (χ0n) is 11.0. The molecule has 0 radical (unpaired) electrons. The molecule has 5 nitrogen and oxygen atoms in total. The van der Waals surface area contributed by atoms with Crippen molar-refractivity contribution in [1.82, 2.24) is 5.01 Å². The van der Waals surface area contributed by atoms with Gasteiger partial charge in [0.25, 0.3) is 0 Å². The lowest BCUT2D eigenvalue weighted by molar-refractivity contribution is -0.116. The number of nitrogen functional groups attached to an aromatic ring is 1. The molecule has 19 heavy (non-hydrogen) atoms. The highest BCUT2D eigenvalue weighted by atomic mass is 16.1. The lowest BCUT2D eigenvalue weighted by Gasteiger charge is -2.29. The van der Waals surface area contributed by atoms with Crippen molar-refractivity contribution in [1.29, 1.82) is 0 Å². The number of rotatable bonds is 2. The van der Waals surface area contributed by atoms with Crippen LogP contribution in [-0.4, -0.2) is 24.0 Å². The third-order valence-corrected chi connectivity index (χ3v) is 3.81. The van der Waals surface area contributed by atoms with Gasteiger partial charge >= 0.3 is 0 Å². The summed E-state index contributed by atoms with van der Waals surface area (Å²) in [5.41, 5.74) is 13.1. The van der Waals surface area contributed by atoms with E-state index < -0.39 is 0 Å². The molecule has 5 heteroatoms. The van der Waals surface area contributed by atoms with E-state index >= 15 is 0 Å². The van der Waals surface area contributed by atoms with Crippen molar-refractivity contribution in [3.8, 4) is 0 Å². The fourth-order valence-corrected chi connectivity index (χ4v) is 2.72. The number of nitrogens with zero attached hydrogens (tertiary/aromatic N) is 1. The molecule has 1 amide bonds. The fraction of sp³-hybridized carbons (Fsp3) is 0.500. The van der Waals surface area contributed by atoms with Crippen LogP contribution in [0, 0.1) is 0 Å². The second-order valence-electron chi connectivity index (χ2n) is 5.30. The number of amides is 1. The minimum atomic E-state index is 0.0728. The number of nitrogens with one attached hydrogen (secondary N) is 2. The third kappa shape index (κ3) is 2.66. The zero-order chi connectivity index (χ0) is 13.2. The molecular formula is C14H20N4O. The maximum atomic E-state index is 11.4. The van der Waals surface area contributed by atoms with E-state index in [4.69, 9.17) is 5.73 Å². The summed E-state index contributed by atoms with van der Waals surface area (Å²) in [5.74, 6) is 0.0728. The average molecular weight is 260 g/mol. The Balaban J connectivity index is 1.80. The predicted octanol–water partition coefficient (Wildman–Crippen LogP) is 1.97. The van der Waals surface area contributed by atoms with E-state index in [1.54, 1.807) is 0 Å². The molecule has 3 rings (SSSR count). The minimum absolute atomic E-state index is 0.0728. The summed E-state index contributed by atoms with van der Waals surface area (Å²) in [6.45, 7) is 2.13. The number of hydrogen-bond donors (Lipinski definition) is 3. The van der Waals surface area contributed by atoms with Crippen molar-refractivity contribution in [2.45, 2.75) is 32.1 Å². The number of hydrazine groups is 1. The Morgan fingerprint density at radius 1 is 1.16 bits per heavy atom. The van der Waals surface area contributed by atoms with Crippen LogP contribution in [0.25, 0.3) is 0 Å². The smallest absolute Gasteiger partial charge is 0.224 e. The van der Waals surface area contributed by atoms with Crippen LogP contribution in [-0.2, 0) is 11.2 Å². The van der Waals surface area contributed by atoms with Crippen LogP contribution < -0.4 is 16.5 Å². The molecule has 2 aliphatic heterocycles. The van der Waals surface area contributed by atoms with Gasteiger partial charge in [-0.05, 0) is 37.0 Å². The number of anilines is 3. The fourth-order valence-electron chi connectivity index (χ4n) is 2.72. The van der Waals surface area contributed by atoms with Gasteiger partial charge in [-0.3, -0.25) is 4.79 Å². The number of nitrogens with two attached hydrogens (primary N) is 1. The first-order valence-corrected chi connectivity index (χ1v) is 6.96. The molecule has 0 aromatic heterocycles. The van der Waals surface area contributed by atoms with Gasteiger partial charge in [-0.15, -0.1) is 0 Å².